The average molecular weight is 540 g/mol. The van der Waals surface area contributed by atoms with Gasteiger partial charge in [0.25, 0.3) is 5.56 Å². The molecule has 2 fully saturated rings. The number of ether oxygens (including phenoxy) is 2. The predicted octanol–water partition coefficient (Wildman–Crippen LogP) is 0.462. The van der Waals surface area contributed by atoms with Crippen molar-refractivity contribution in [2.45, 2.75) is 56.9 Å². The molecule has 0 aromatic carbocycles. The predicted molar refractivity (Wildman–Crippen MR) is 125 cm³/mol. The Kier molecular flexibility index (Phi) is 7.94. The minimum atomic E-state index is -4.57. The van der Waals surface area contributed by atoms with Crippen molar-refractivity contribution in [1.82, 2.24) is 19.1 Å². The van der Waals surface area contributed by atoms with E-state index in [1.165, 1.54) is 30.0 Å². The van der Waals surface area contributed by atoms with Gasteiger partial charge in [-0.25, -0.2) is 14.2 Å². The van der Waals surface area contributed by atoms with E-state index in [1.807, 2.05) is 0 Å². The van der Waals surface area contributed by atoms with Crippen LogP contribution in [-0.4, -0.2) is 55.5 Å². The molecule has 37 heavy (non-hydrogen) atoms. The van der Waals surface area contributed by atoms with Gasteiger partial charge in [0.2, 0.25) is 0 Å². The first-order valence-corrected chi connectivity index (χ1v) is 12.7. The number of nitrogens with one attached hydrogen (secondary N) is 1. The molecule has 4 N–H and O–H groups in total. The highest BCUT2D eigenvalue weighted by molar-refractivity contribution is 7.47. The second kappa shape index (κ2) is 11.0. The molecule has 6 atom stereocenters. The second-order valence-corrected chi connectivity index (χ2v) is 9.96. The maximum absolute atomic E-state index is 12.4. The van der Waals surface area contributed by atoms with Gasteiger partial charge in [0.05, 0.1) is 31.5 Å². The second-order valence-electron chi connectivity index (χ2n) is 8.51. The monoisotopic (exact) mass is 540 g/mol. The third-order valence-corrected chi connectivity index (χ3v) is 6.88. The number of anilines is 1. The van der Waals surface area contributed by atoms with Gasteiger partial charge in [0.15, 0.2) is 0 Å². The summed E-state index contributed by atoms with van der Waals surface area (Å²) >= 11 is 0. The Morgan fingerprint density at radius 2 is 2.03 bits per heavy atom. The first-order valence-electron chi connectivity index (χ1n) is 11.2. The van der Waals surface area contributed by atoms with E-state index in [0.29, 0.717) is 12.8 Å². The van der Waals surface area contributed by atoms with Crippen molar-refractivity contribution in [3.63, 3.8) is 0 Å². The molecule has 0 aliphatic carbocycles. The molecule has 0 saturated carbocycles. The van der Waals surface area contributed by atoms with Crippen molar-refractivity contribution in [1.29, 1.82) is 0 Å². The van der Waals surface area contributed by atoms with Crippen molar-refractivity contribution >= 4 is 13.6 Å². The number of nitrogens with two attached hydrogens (primary N) is 1. The summed E-state index contributed by atoms with van der Waals surface area (Å²) in [6, 6.07) is 0.637. The van der Waals surface area contributed by atoms with Crippen LogP contribution >= 0.6 is 7.82 Å². The van der Waals surface area contributed by atoms with Crippen LogP contribution in [0.2, 0.25) is 0 Å². The van der Waals surface area contributed by atoms with Crippen LogP contribution < -0.4 is 22.7 Å². The number of phosphoric acid groups is 1. The van der Waals surface area contributed by atoms with Gasteiger partial charge in [-0.3, -0.25) is 28.0 Å². The van der Waals surface area contributed by atoms with Gasteiger partial charge in [-0.2, -0.15) is 4.98 Å². The minimum Gasteiger partial charge on any atom is -0.383 e. The molecule has 0 bridgehead atoms. The molecule has 2 aliphatic rings. The zero-order valence-electron chi connectivity index (χ0n) is 19.6. The van der Waals surface area contributed by atoms with Crippen LogP contribution in [0.5, 0.6) is 0 Å². The van der Waals surface area contributed by atoms with Crippen molar-refractivity contribution in [2.75, 3.05) is 18.9 Å². The fourth-order valence-electron chi connectivity index (χ4n) is 4.07. The first kappa shape index (κ1) is 26.8. The maximum atomic E-state index is 12.4. The number of phosphoric ester groups is 1. The van der Waals surface area contributed by atoms with E-state index in [1.54, 1.807) is 0 Å². The topological polar surface area (TPSA) is 239 Å². The van der Waals surface area contributed by atoms with E-state index >= 15 is 0 Å². The molecule has 18 heteroatoms. The van der Waals surface area contributed by atoms with E-state index in [9.17, 15) is 23.8 Å². The lowest BCUT2D eigenvalue weighted by atomic mass is 10.1. The molecule has 2 saturated heterocycles. The Labute approximate surface area is 208 Å². The molecule has 4 rings (SSSR count). The number of aryl methyl sites for hydroxylation is 1. The summed E-state index contributed by atoms with van der Waals surface area (Å²) in [6.45, 7) is 0.739. The van der Waals surface area contributed by atoms with Crippen LogP contribution in [0, 0.1) is 6.92 Å². The lowest BCUT2D eigenvalue weighted by Gasteiger charge is -2.20. The molecule has 2 aromatic heterocycles. The standard InChI is InChI=1S/C19H25N8O9P/c1-10-7-27(19(30)23-17(10)28)16-6-12(24-25-21)13(36-16)9-34-37(31,32)33-8-11-2-3-15(35-11)26-5-4-14(20)22-18(26)29/h4-5,7,11-13,15-16H,2-3,6,8-9H2,1H3,(H,31,32)(H2,20,22,29)(H,23,28,30)/t11-,12?,13?,15+,16?/m1/s1. The summed E-state index contributed by atoms with van der Waals surface area (Å²) in [5.74, 6) is 0.0821. The van der Waals surface area contributed by atoms with Crippen LogP contribution in [0.15, 0.2) is 38.0 Å². The lowest BCUT2D eigenvalue weighted by Crippen LogP contribution is -2.33. The summed E-state index contributed by atoms with van der Waals surface area (Å²) in [4.78, 5) is 54.5. The van der Waals surface area contributed by atoms with Crippen LogP contribution in [0.4, 0.5) is 5.82 Å². The molecule has 0 radical (unpaired) electrons. The molecular formula is C19H25N8O9P. The summed E-state index contributed by atoms with van der Waals surface area (Å²) in [5.41, 5.74) is 12.8. The van der Waals surface area contributed by atoms with E-state index in [0.717, 1.165) is 4.57 Å². The van der Waals surface area contributed by atoms with Crippen LogP contribution in [-0.2, 0) is 23.1 Å². The summed E-state index contributed by atoms with van der Waals surface area (Å²) in [5, 5.41) is 3.63. The van der Waals surface area contributed by atoms with Gasteiger partial charge in [-0.05, 0) is 31.4 Å². The van der Waals surface area contributed by atoms with Crippen LogP contribution in [0.3, 0.4) is 0 Å². The number of rotatable bonds is 9. The van der Waals surface area contributed by atoms with Gasteiger partial charge in [0.1, 0.15) is 18.3 Å². The minimum absolute atomic E-state index is 0.0662. The van der Waals surface area contributed by atoms with Gasteiger partial charge in [-0.15, -0.1) is 0 Å². The van der Waals surface area contributed by atoms with Gasteiger partial charge < -0.3 is 20.1 Å². The molecule has 0 spiro atoms. The molecule has 2 aromatic rings. The van der Waals surface area contributed by atoms with Crippen molar-refractivity contribution in [2.24, 2.45) is 5.11 Å². The van der Waals surface area contributed by atoms with Crippen LogP contribution in [0.25, 0.3) is 10.4 Å². The summed E-state index contributed by atoms with van der Waals surface area (Å²) in [7, 11) is -4.57. The zero-order chi connectivity index (χ0) is 26.7. The third-order valence-electron chi connectivity index (χ3n) is 5.93. The fourth-order valence-corrected chi connectivity index (χ4v) is 4.83. The number of hydrogen-bond acceptors (Lipinski definition) is 11. The van der Waals surface area contributed by atoms with E-state index in [-0.39, 0.29) is 24.4 Å². The normalized spacial score (nSPS) is 27.0. The van der Waals surface area contributed by atoms with Crippen molar-refractivity contribution in [3.8, 4) is 0 Å². The Morgan fingerprint density at radius 1 is 1.27 bits per heavy atom. The Morgan fingerprint density at radius 3 is 2.76 bits per heavy atom. The van der Waals surface area contributed by atoms with Crippen LogP contribution in [0.1, 0.15) is 37.3 Å². The average Bonchev–Trinajstić information content (AvgIpc) is 3.46. The number of azide groups is 1. The van der Waals surface area contributed by atoms with E-state index in [4.69, 9.17) is 29.8 Å². The molecular weight excluding hydrogens is 515 g/mol. The van der Waals surface area contributed by atoms with Crippen molar-refractivity contribution in [3.05, 3.63) is 65.8 Å². The van der Waals surface area contributed by atoms with Crippen molar-refractivity contribution < 1.29 is 28.0 Å². The van der Waals surface area contributed by atoms with Gasteiger partial charge >= 0.3 is 19.2 Å². The molecule has 4 unspecified atom stereocenters. The number of aromatic amines is 1. The largest absolute Gasteiger partial charge is 0.472 e. The molecule has 17 nitrogen and oxygen atoms in total. The van der Waals surface area contributed by atoms with Gasteiger partial charge in [-0.1, -0.05) is 5.11 Å². The third kappa shape index (κ3) is 6.34. The van der Waals surface area contributed by atoms with Gasteiger partial charge in [0, 0.05) is 29.3 Å². The first-order chi connectivity index (χ1) is 17.6. The number of nitrogens with zero attached hydrogens (tertiary/aromatic N) is 6. The number of hydrogen-bond donors (Lipinski definition) is 3. The number of aromatic nitrogens is 4. The fraction of sp³-hybridized carbons (Fsp3) is 0.579. The van der Waals surface area contributed by atoms with E-state index < -0.39 is 62.1 Å². The Hall–Kier alpha value is -3.30. The molecule has 0 amide bonds. The highest BCUT2D eigenvalue weighted by atomic mass is 31.2. The molecule has 200 valence electrons. The quantitative estimate of drug-likeness (QED) is 0.171. The molecule has 2 aliphatic heterocycles. The zero-order valence-corrected chi connectivity index (χ0v) is 20.5. The summed E-state index contributed by atoms with van der Waals surface area (Å²) in [6.07, 6.45) is 0.644. The highest BCUT2D eigenvalue weighted by Crippen LogP contribution is 2.45. The maximum Gasteiger partial charge on any atom is 0.472 e. The smallest absolute Gasteiger partial charge is 0.383 e. The highest BCUT2D eigenvalue weighted by Gasteiger charge is 2.39. The molecule has 4 heterocycles. The lowest BCUT2D eigenvalue weighted by molar-refractivity contribution is -0.0388. The number of nitrogen functional groups attached to an aromatic ring is 1. The summed E-state index contributed by atoms with van der Waals surface area (Å²) < 4.78 is 36.4. The Bertz CT molecular complexity index is 1420. The SMILES string of the molecule is Cc1cn(C2CC(N=[N+]=[N-])C(COP(=O)(O)OC[C@H]3CC[C@@H](n4ccc(N)nc4=O)O3)O2)c(=O)[nH]c1=O. The number of H-pyrrole nitrogens is 1. The van der Waals surface area contributed by atoms with E-state index in [2.05, 4.69) is 20.0 Å². The Balaban J connectivity index is 1.32.